The molecule has 10 heteroatoms. The highest BCUT2D eigenvalue weighted by Crippen LogP contribution is 2.50. The second kappa shape index (κ2) is 12.6. The first kappa shape index (κ1) is 30.0. The summed E-state index contributed by atoms with van der Waals surface area (Å²) in [6.45, 7) is 0.866. The van der Waals surface area contributed by atoms with Crippen molar-refractivity contribution in [3.8, 4) is 0 Å². The van der Waals surface area contributed by atoms with Crippen molar-refractivity contribution in [3.63, 3.8) is 0 Å². The summed E-state index contributed by atoms with van der Waals surface area (Å²) in [7, 11) is 0. The Labute approximate surface area is 267 Å². The first-order chi connectivity index (χ1) is 22.4. The summed E-state index contributed by atoms with van der Waals surface area (Å²) in [6, 6.07) is 25.9. The Kier molecular flexibility index (Phi) is 8.23. The molecule has 4 N–H and O–H groups in total. The molecule has 1 aliphatic carbocycles. The molecule has 4 aliphatic rings. The lowest BCUT2D eigenvalue weighted by Crippen LogP contribution is -2.55. The van der Waals surface area contributed by atoms with Crippen LogP contribution in [0, 0.1) is 0 Å². The van der Waals surface area contributed by atoms with Gasteiger partial charge in [0, 0.05) is 31.0 Å². The summed E-state index contributed by atoms with van der Waals surface area (Å²) in [4.78, 5) is 40.1. The summed E-state index contributed by atoms with van der Waals surface area (Å²) >= 11 is 0. The monoisotopic (exact) mass is 623 g/mol. The molecule has 2 fully saturated rings. The molecule has 2 saturated heterocycles. The maximum atomic E-state index is 14.7. The minimum absolute atomic E-state index is 0.00550. The highest BCUT2D eigenvalue weighted by molar-refractivity contribution is 6.07. The van der Waals surface area contributed by atoms with E-state index in [0.29, 0.717) is 38.0 Å². The number of hydrogen-bond acceptors (Lipinski definition) is 8. The number of carbonyl (C=O) groups excluding carboxylic acids is 3. The van der Waals surface area contributed by atoms with Crippen molar-refractivity contribution in [2.24, 2.45) is 0 Å². The average Bonchev–Trinajstić information content (AvgIpc) is 3.83. The maximum Gasteiger partial charge on any atom is 0.408 e. The van der Waals surface area contributed by atoms with Gasteiger partial charge in [-0.15, -0.1) is 0 Å². The van der Waals surface area contributed by atoms with Crippen molar-refractivity contribution in [2.75, 3.05) is 13.2 Å². The Bertz CT molecular complexity index is 1620. The average molecular weight is 624 g/mol. The molecule has 3 aromatic rings. The molecule has 10 nitrogen and oxygen atoms in total. The highest BCUT2D eigenvalue weighted by atomic mass is 16.6. The van der Waals surface area contributed by atoms with E-state index in [1.807, 2.05) is 84.9 Å². The van der Waals surface area contributed by atoms with Crippen LogP contribution in [0.25, 0.3) is 0 Å². The molecule has 0 aromatic heterocycles. The largest absolute Gasteiger partial charge is 0.444 e. The molecule has 7 atom stereocenters. The Hall–Kier alpha value is -4.67. The molecular weight excluding hydrogens is 586 g/mol. The Balaban J connectivity index is 1.18. The van der Waals surface area contributed by atoms with Gasteiger partial charge in [-0.05, 0) is 28.7 Å². The summed E-state index contributed by atoms with van der Waals surface area (Å²) < 4.78 is 16.6. The SMILES string of the molecule is O=C(NC(Cc1ccccc1)C(O)CC1(Cc2ccccc2)NC=C(C2c3ccccc3C3NC(=O)OC32)C1=O)OC1CCOC1. The number of ketones is 1. The van der Waals surface area contributed by atoms with Gasteiger partial charge in [0.15, 0.2) is 5.78 Å². The molecule has 0 radical (unpaired) electrons. The fraction of sp³-hybridized carbons (Fsp3) is 0.361. The Morgan fingerprint density at radius 1 is 0.978 bits per heavy atom. The molecule has 0 spiro atoms. The quantitative estimate of drug-likeness (QED) is 0.268. The van der Waals surface area contributed by atoms with E-state index in [2.05, 4.69) is 16.0 Å². The topological polar surface area (TPSA) is 135 Å². The van der Waals surface area contributed by atoms with Crippen molar-refractivity contribution in [2.45, 2.75) is 67.5 Å². The number of hydrogen-bond donors (Lipinski definition) is 4. The second-order valence-electron chi connectivity index (χ2n) is 12.5. The van der Waals surface area contributed by atoms with Crippen molar-refractivity contribution >= 4 is 18.0 Å². The van der Waals surface area contributed by atoms with Gasteiger partial charge in [0.05, 0.1) is 37.3 Å². The number of carbonyl (C=O) groups is 3. The van der Waals surface area contributed by atoms with Crippen LogP contribution in [-0.4, -0.2) is 66.2 Å². The second-order valence-corrected chi connectivity index (χ2v) is 12.5. The lowest BCUT2D eigenvalue weighted by atomic mass is 9.76. The fourth-order valence-corrected chi connectivity index (χ4v) is 7.30. The van der Waals surface area contributed by atoms with Crippen LogP contribution in [0.5, 0.6) is 0 Å². The predicted molar refractivity (Wildman–Crippen MR) is 168 cm³/mol. The summed E-state index contributed by atoms with van der Waals surface area (Å²) in [5.74, 6) is -0.653. The van der Waals surface area contributed by atoms with E-state index in [1.54, 1.807) is 6.20 Å². The van der Waals surface area contributed by atoms with Crippen LogP contribution in [0.2, 0.25) is 0 Å². The Morgan fingerprint density at radius 3 is 2.39 bits per heavy atom. The number of amides is 2. The zero-order valence-electron chi connectivity index (χ0n) is 25.3. The highest BCUT2D eigenvalue weighted by Gasteiger charge is 2.55. The van der Waals surface area contributed by atoms with Gasteiger partial charge in [-0.25, -0.2) is 9.59 Å². The molecule has 3 aliphatic heterocycles. The van der Waals surface area contributed by atoms with Gasteiger partial charge in [-0.1, -0.05) is 84.9 Å². The number of aliphatic hydroxyl groups is 1. The number of Topliss-reactive ketones (excluding diaryl/α,β-unsaturated/α-hetero) is 1. The van der Waals surface area contributed by atoms with Crippen molar-refractivity contribution in [3.05, 3.63) is 119 Å². The smallest absolute Gasteiger partial charge is 0.408 e. The van der Waals surface area contributed by atoms with Crippen LogP contribution in [-0.2, 0) is 31.8 Å². The number of nitrogens with one attached hydrogen (secondary N) is 3. The maximum absolute atomic E-state index is 14.7. The lowest BCUT2D eigenvalue weighted by Gasteiger charge is -2.35. The number of rotatable bonds is 10. The molecule has 0 bridgehead atoms. The molecule has 0 saturated carbocycles. The summed E-state index contributed by atoms with van der Waals surface area (Å²) in [5, 5.41) is 21.1. The van der Waals surface area contributed by atoms with E-state index in [-0.39, 0.29) is 24.3 Å². The van der Waals surface area contributed by atoms with E-state index in [4.69, 9.17) is 14.2 Å². The molecule has 3 heterocycles. The van der Waals surface area contributed by atoms with Crippen LogP contribution in [0.4, 0.5) is 9.59 Å². The molecule has 238 valence electrons. The molecule has 7 unspecified atom stereocenters. The van der Waals surface area contributed by atoms with Gasteiger partial charge in [-0.2, -0.15) is 0 Å². The number of alkyl carbamates (subject to hydrolysis) is 2. The van der Waals surface area contributed by atoms with Crippen LogP contribution >= 0.6 is 0 Å². The minimum atomic E-state index is -1.22. The lowest BCUT2D eigenvalue weighted by molar-refractivity contribution is -0.122. The number of aliphatic hydroxyl groups excluding tert-OH is 1. The zero-order valence-corrected chi connectivity index (χ0v) is 25.3. The summed E-state index contributed by atoms with van der Waals surface area (Å²) in [5.41, 5.74) is 2.96. The van der Waals surface area contributed by atoms with Gasteiger partial charge in [0.1, 0.15) is 17.7 Å². The van der Waals surface area contributed by atoms with Gasteiger partial charge in [0.25, 0.3) is 0 Å². The standard InChI is InChI=1S/C36H37N3O7/c40-29(28(17-22-9-3-1-4-10-22)38-34(42)45-24-15-16-44-21-24)19-36(18-23-11-5-2-6-12-23)33(41)27(20-37-36)30-25-13-7-8-14-26(25)31-32(30)46-35(43)39-31/h1-14,20,24,28-32,37,40H,15-19,21H2,(H,38,42)(H,39,43). The fourth-order valence-electron chi connectivity index (χ4n) is 7.30. The van der Waals surface area contributed by atoms with Gasteiger partial charge in [-0.3, -0.25) is 4.79 Å². The van der Waals surface area contributed by atoms with Gasteiger partial charge < -0.3 is 35.3 Å². The van der Waals surface area contributed by atoms with Gasteiger partial charge >= 0.3 is 12.2 Å². The molecule has 2 amide bonds. The Morgan fingerprint density at radius 2 is 1.67 bits per heavy atom. The molecule has 7 rings (SSSR count). The van der Waals surface area contributed by atoms with Crippen LogP contribution in [0.15, 0.2) is 96.7 Å². The van der Waals surface area contributed by atoms with E-state index in [9.17, 15) is 19.5 Å². The first-order valence-corrected chi connectivity index (χ1v) is 15.8. The molecule has 3 aromatic carbocycles. The number of benzene rings is 3. The van der Waals surface area contributed by atoms with Crippen LogP contribution in [0.3, 0.4) is 0 Å². The molecular formula is C36H37N3O7. The third-order valence-electron chi connectivity index (χ3n) is 9.51. The van der Waals surface area contributed by atoms with Crippen molar-refractivity contribution < 1.29 is 33.7 Å². The summed E-state index contributed by atoms with van der Waals surface area (Å²) in [6.07, 6.45) is -0.220. The third kappa shape index (κ3) is 5.86. The molecule has 46 heavy (non-hydrogen) atoms. The van der Waals surface area contributed by atoms with E-state index in [1.165, 1.54) is 0 Å². The van der Waals surface area contributed by atoms with E-state index >= 15 is 0 Å². The van der Waals surface area contributed by atoms with E-state index < -0.39 is 41.9 Å². The predicted octanol–water partition coefficient (Wildman–Crippen LogP) is 3.85. The first-order valence-electron chi connectivity index (χ1n) is 15.8. The number of fused-ring (bicyclic) bond motifs is 3. The van der Waals surface area contributed by atoms with Gasteiger partial charge in [0.2, 0.25) is 0 Å². The van der Waals surface area contributed by atoms with Crippen molar-refractivity contribution in [1.82, 2.24) is 16.0 Å². The van der Waals surface area contributed by atoms with E-state index in [0.717, 1.165) is 22.3 Å². The van der Waals surface area contributed by atoms with Crippen LogP contribution < -0.4 is 16.0 Å². The van der Waals surface area contributed by atoms with Crippen LogP contribution in [0.1, 0.15) is 47.1 Å². The third-order valence-corrected chi connectivity index (χ3v) is 9.51. The zero-order chi connectivity index (χ0) is 31.7. The number of ether oxygens (including phenoxy) is 3. The normalized spacial score (nSPS) is 27.5. The van der Waals surface area contributed by atoms with Crippen molar-refractivity contribution in [1.29, 1.82) is 0 Å². The minimum Gasteiger partial charge on any atom is -0.444 e.